The van der Waals surface area contributed by atoms with Gasteiger partial charge in [-0.1, -0.05) is 37.8 Å². The fourth-order valence-corrected chi connectivity index (χ4v) is 5.39. The van der Waals surface area contributed by atoms with Crippen LogP contribution >= 0.6 is 0 Å². The van der Waals surface area contributed by atoms with E-state index >= 15 is 0 Å². The second-order valence-electron chi connectivity index (χ2n) is 9.70. The average molecular weight is 493 g/mol. The van der Waals surface area contributed by atoms with E-state index in [-0.39, 0.29) is 43.1 Å². The fraction of sp³-hybridized carbons (Fsp3) is 0.692. The van der Waals surface area contributed by atoms with E-state index in [0.717, 1.165) is 31.4 Å². The molecule has 3 amide bonds. The van der Waals surface area contributed by atoms with Gasteiger partial charge in [0.25, 0.3) is 0 Å². The zero-order valence-electron chi connectivity index (χ0n) is 21.1. The van der Waals surface area contributed by atoms with Crippen LogP contribution in [0.25, 0.3) is 0 Å². The van der Waals surface area contributed by atoms with Gasteiger partial charge < -0.3 is 30.3 Å². The van der Waals surface area contributed by atoms with Gasteiger partial charge in [0.15, 0.2) is 0 Å². The van der Waals surface area contributed by atoms with Crippen LogP contribution in [0.5, 0.6) is 0 Å². The Balaban J connectivity index is 1.62. The molecule has 1 aliphatic heterocycles. The van der Waals surface area contributed by atoms with Crippen LogP contribution < -0.4 is 16.0 Å². The van der Waals surface area contributed by atoms with Crippen LogP contribution in [-0.4, -0.2) is 70.0 Å². The molecule has 3 N–H and O–H groups in total. The van der Waals surface area contributed by atoms with E-state index in [1.54, 1.807) is 6.07 Å². The number of urea groups is 1. The first-order valence-electron chi connectivity index (χ1n) is 12.9. The van der Waals surface area contributed by atoms with Gasteiger partial charge in [-0.25, -0.2) is 14.0 Å². The summed E-state index contributed by atoms with van der Waals surface area (Å²) >= 11 is 0. The van der Waals surface area contributed by atoms with Crippen LogP contribution in [-0.2, 0) is 9.47 Å². The van der Waals surface area contributed by atoms with Crippen molar-refractivity contribution >= 4 is 12.1 Å². The van der Waals surface area contributed by atoms with E-state index < -0.39 is 6.09 Å². The van der Waals surface area contributed by atoms with Gasteiger partial charge >= 0.3 is 12.1 Å². The monoisotopic (exact) mass is 492 g/mol. The molecule has 1 aliphatic carbocycles. The third-order valence-electron chi connectivity index (χ3n) is 7.08. The summed E-state index contributed by atoms with van der Waals surface area (Å²) in [5, 5.41) is 9.08. The Kier molecular flexibility index (Phi) is 11.1. The number of halogens is 1. The lowest BCUT2D eigenvalue weighted by molar-refractivity contribution is -0.00879. The summed E-state index contributed by atoms with van der Waals surface area (Å²) in [6, 6.07) is 6.49. The first kappa shape index (κ1) is 27.2. The van der Waals surface area contributed by atoms with Crippen LogP contribution in [0.4, 0.5) is 14.0 Å². The number of nitrogens with zero attached hydrogens (tertiary/aromatic N) is 1. The molecule has 1 saturated heterocycles. The van der Waals surface area contributed by atoms with Crippen LogP contribution in [0.2, 0.25) is 0 Å². The Morgan fingerprint density at radius 2 is 2.00 bits per heavy atom. The molecule has 0 radical (unpaired) electrons. The number of methoxy groups -OCH3 is 1. The molecule has 1 aromatic carbocycles. The SMILES string of the molecule is CNC[C@H](CC1CCCC1)NC(=O)N1CCC[C@@H](C(OCCNC(=O)OC)c2cccc(F)c2)C1. The van der Waals surface area contributed by atoms with Crippen molar-refractivity contribution in [3.05, 3.63) is 35.6 Å². The number of carbonyl (C=O) groups is 2. The van der Waals surface area contributed by atoms with Gasteiger partial charge in [0, 0.05) is 38.1 Å². The first-order chi connectivity index (χ1) is 17.0. The number of likely N-dealkylation sites (N-methyl/N-ethyl adjacent to an activating group) is 1. The molecule has 3 atom stereocenters. The van der Waals surface area contributed by atoms with Gasteiger partial charge in [-0.2, -0.15) is 0 Å². The summed E-state index contributed by atoms with van der Waals surface area (Å²) in [5.41, 5.74) is 0.740. The maximum absolute atomic E-state index is 14.0. The molecule has 1 aromatic rings. The zero-order valence-corrected chi connectivity index (χ0v) is 21.1. The number of alkyl carbamates (subject to hydrolysis) is 1. The molecule has 1 saturated carbocycles. The standard InChI is InChI=1S/C26H41FN4O4/c1-28-17-23(15-19-7-3-4-8-19)30-25(32)31-13-6-10-21(18-31)24(20-9-5-11-22(27)16-20)35-14-12-29-26(33)34-2/h5,9,11,16,19,21,23-24,28H,3-4,6-8,10,12-15,17-18H2,1-2H3,(H,29,33)(H,30,32)/t21-,23+,24?/m1/s1. The van der Waals surface area contributed by atoms with Crippen molar-refractivity contribution < 1.29 is 23.5 Å². The third-order valence-corrected chi connectivity index (χ3v) is 7.08. The van der Waals surface area contributed by atoms with E-state index in [1.807, 2.05) is 18.0 Å². The van der Waals surface area contributed by atoms with E-state index in [2.05, 4.69) is 20.7 Å². The van der Waals surface area contributed by atoms with Crippen molar-refractivity contribution in [3.8, 4) is 0 Å². The predicted octanol–water partition coefficient (Wildman–Crippen LogP) is 3.83. The topological polar surface area (TPSA) is 91.9 Å². The number of hydrogen-bond acceptors (Lipinski definition) is 5. The lowest BCUT2D eigenvalue weighted by Crippen LogP contribution is -2.51. The third kappa shape index (κ3) is 8.65. The van der Waals surface area contributed by atoms with E-state index in [9.17, 15) is 14.0 Å². The molecule has 8 nitrogen and oxygen atoms in total. The highest BCUT2D eigenvalue weighted by molar-refractivity contribution is 5.74. The number of rotatable bonds is 11. The summed E-state index contributed by atoms with van der Waals surface area (Å²) in [6.45, 7) is 2.51. The second-order valence-corrected chi connectivity index (χ2v) is 9.70. The van der Waals surface area contributed by atoms with Crippen molar-refractivity contribution in [3.63, 3.8) is 0 Å². The Bertz CT molecular complexity index is 805. The minimum Gasteiger partial charge on any atom is -0.453 e. The van der Waals surface area contributed by atoms with Gasteiger partial charge in [0.1, 0.15) is 5.82 Å². The maximum Gasteiger partial charge on any atom is 0.406 e. The van der Waals surface area contributed by atoms with Crippen LogP contribution in [0, 0.1) is 17.7 Å². The number of carbonyl (C=O) groups excluding carboxylic acids is 2. The molecule has 0 bridgehead atoms. The molecule has 9 heteroatoms. The Morgan fingerprint density at radius 1 is 1.20 bits per heavy atom. The fourth-order valence-electron chi connectivity index (χ4n) is 5.39. The number of benzene rings is 1. The molecule has 196 valence electrons. The van der Waals surface area contributed by atoms with Crippen molar-refractivity contribution in [1.82, 2.24) is 20.9 Å². The number of ether oxygens (including phenoxy) is 2. The van der Waals surface area contributed by atoms with Crippen LogP contribution in [0.1, 0.15) is 56.6 Å². The van der Waals surface area contributed by atoms with Gasteiger partial charge in [-0.05, 0) is 49.9 Å². The quantitative estimate of drug-likeness (QED) is 0.409. The van der Waals surface area contributed by atoms with E-state index in [1.165, 1.54) is 44.9 Å². The zero-order chi connectivity index (χ0) is 25.0. The molecule has 1 heterocycles. The van der Waals surface area contributed by atoms with Crippen molar-refractivity contribution in [2.75, 3.05) is 46.9 Å². The molecule has 3 rings (SSSR count). The Hall–Kier alpha value is -2.39. The summed E-state index contributed by atoms with van der Waals surface area (Å²) in [6.07, 6.45) is 6.90. The van der Waals surface area contributed by atoms with Gasteiger partial charge in [-0.15, -0.1) is 0 Å². The number of piperidine rings is 1. The highest BCUT2D eigenvalue weighted by Crippen LogP contribution is 2.33. The smallest absolute Gasteiger partial charge is 0.406 e. The minimum absolute atomic E-state index is 0.0204. The molecule has 1 unspecified atom stereocenters. The highest BCUT2D eigenvalue weighted by atomic mass is 19.1. The van der Waals surface area contributed by atoms with Crippen molar-refractivity contribution in [1.29, 1.82) is 0 Å². The lowest BCUT2D eigenvalue weighted by atomic mass is 9.88. The van der Waals surface area contributed by atoms with Crippen molar-refractivity contribution in [2.45, 2.75) is 57.1 Å². The minimum atomic E-state index is -0.523. The largest absolute Gasteiger partial charge is 0.453 e. The Labute approximate surface area is 208 Å². The predicted molar refractivity (Wildman–Crippen MR) is 133 cm³/mol. The highest BCUT2D eigenvalue weighted by Gasteiger charge is 2.32. The number of amides is 3. The van der Waals surface area contributed by atoms with E-state index in [0.29, 0.717) is 19.0 Å². The normalized spacial score (nSPS) is 20.3. The molecular weight excluding hydrogens is 451 g/mol. The summed E-state index contributed by atoms with van der Waals surface area (Å²) < 4.78 is 24.8. The van der Waals surface area contributed by atoms with Crippen LogP contribution in [0.3, 0.4) is 0 Å². The Morgan fingerprint density at radius 3 is 2.71 bits per heavy atom. The molecule has 0 spiro atoms. The second kappa shape index (κ2) is 14.2. The number of likely N-dealkylation sites (tertiary alicyclic amines) is 1. The molecular formula is C26H41FN4O4. The van der Waals surface area contributed by atoms with Gasteiger partial charge in [0.2, 0.25) is 0 Å². The maximum atomic E-state index is 14.0. The summed E-state index contributed by atoms with van der Waals surface area (Å²) in [5.74, 6) is 0.384. The number of nitrogens with one attached hydrogen (secondary N) is 3. The van der Waals surface area contributed by atoms with Gasteiger partial charge in [-0.3, -0.25) is 0 Å². The summed E-state index contributed by atoms with van der Waals surface area (Å²) in [7, 11) is 3.23. The van der Waals surface area contributed by atoms with Crippen LogP contribution in [0.15, 0.2) is 24.3 Å². The lowest BCUT2D eigenvalue weighted by Gasteiger charge is -2.38. The van der Waals surface area contributed by atoms with Gasteiger partial charge in [0.05, 0.1) is 19.8 Å². The van der Waals surface area contributed by atoms with Crippen molar-refractivity contribution in [2.24, 2.45) is 11.8 Å². The molecule has 0 aromatic heterocycles. The van der Waals surface area contributed by atoms with E-state index in [4.69, 9.17) is 4.74 Å². The first-order valence-corrected chi connectivity index (χ1v) is 12.9. The number of hydrogen-bond donors (Lipinski definition) is 3. The summed E-state index contributed by atoms with van der Waals surface area (Å²) in [4.78, 5) is 26.4. The average Bonchev–Trinajstić information content (AvgIpc) is 3.37. The molecule has 2 fully saturated rings. The molecule has 35 heavy (non-hydrogen) atoms. The molecule has 2 aliphatic rings.